The zero-order valence-corrected chi connectivity index (χ0v) is 18.6. The highest BCUT2D eigenvalue weighted by Crippen LogP contribution is 2.33. The molecule has 1 saturated carbocycles. The third kappa shape index (κ3) is 5.59. The molecule has 1 aromatic carbocycles. The van der Waals surface area contributed by atoms with E-state index in [1.165, 1.54) is 17.4 Å². The third-order valence-electron chi connectivity index (χ3n) is 4.84. The summed E-state index contributed by atoms with van der Waals surface area (Å²) in [5, 5.41) is 6.89. The first-order valence-corrected chi connectivity index (χ1v) is 11.8. The van der Waals surface area contributed by atoms with Gasteiger partial charge in [0.05, 0.1) is 18.7 Å². The van der Waals surface area contributed by atoms with Crippen LogP contribution in [0, 0.1) is 0 Å². The molecular weight excluding hydrogens is 442 g/mol. The first kappa shape index (κ1) is 21.7. The van der Waals surface area contributed by atoms with E-state index in [4.69, 9.17) is 4.74 Å². The van der Waals surface area contributed by atoms with Gasteiger partial charge in [0.25, 0.3) is 0 Å². The van der Waals surface area contributed by atoms with Gasteiger partial charge in [-0.25, -0.2) is 4.98 Å². The van der Waals surface area contributed by atoms with Gasteiger partial charge in [0.1, 0.15) is 5.01 Å². The molecule has 1 aliphatic carbocycles. The number of hydrogen-bond donors (Lipinski definition) is 0. The zero-order chi connectivity index (χ0) is 21.8. The molecule has 2 aromatic heterocycles. The molecule has 1 aliphatic rings. The Labute approximate surface area is 187 Å². The first-order valence-electron chi connectivity index (χ1n) is 10.0. The molecule has 4 rings (SSSR count). The van der Waals surface area contributed by atoms with Gasteiger partial charge in [-0.2, -0.15) is 20.1 Å². The molecule has 1 fully saturated rings. The summed E-state index contributed by atoms with van der Waals surface area (Å²) in [6.45, 7) is -0.437. The van der Waals surface area contributed by atoms with E-state index in [2.05, 4.69) is 9.72 Å². The van der Waals surface area contributed by atoms with Crippen LogP contribution >= 0.6 is 22.7 Å². The number of ether oxygens (including phenoxy) is 2. The van der Waals surface area contributed by atoms with Gasteiger partial charge >= 0.3 is 6.61 Å². The molecule has 3 aromatic rings. The summed E-state index contributed by atoms with van der Waals surface area (Å²) < 4.78 is 35.3. The lowest BCUT2D eigenvalue weighted by atomic mass is 10.1. The van der Waals surface area contributed by atoms with Gasteiger partial charge in [-0.1, -0.05) is 6.07 Å². The SMILES string of the molecule is CCOc1cc(CN(C(=O)Cc2csc(-c3ccsc3)n2)C2CC2)ccc1OC(F)F. The molecule has 0 aliphatic heterocycles. The van der Waals surface area contributed by atoms with Crippen molar-refractivity contribution in [1.82, 2.24) is 9.88 Å². The molecule has 31 heavy (non-hydrogen) atoms. The van der Waals surface area contributed by atoms with Gasteiger partial charge in [0, 0.05) is 28.9 Å². The molecular formula is C22H22F2N2O3S2. The predicted molar refractivity (Wildman–Crippen MR) is 117 cm³/mol. The van der Waals surface area contributed by atoms with Crippen LogP contribution in [0.4, 0.5) is 8.78 Å². The Morgan fingerprint density at radius 1 is 1.26 bits per heavy atom. The van der Waals surface area contributed by atoms with Crippen LogP contribution in [-0.4, -0.2) is 35.1 Å². The molecule has 164 valence electrons. The number of benzene rings is 1. The molecule has 0 N–H and O–H groups in total. The summed E-state index contributed by atoms with van der Waals surface area (Å²) in [5.41, 5.74) is 2.64. The second-order valence-corrected chi connectivity index (χ2v) is 8.82. The van der Waals surface area contributed by atoms with Crippen molar-refractivity contribution >= 4 is 28.6 Å². The number of nitrogens with zero attached hydrogens (tertiary/aromatic N) is 2. The predicted octanol–water partition coefficient (Wildman–Crippen LogP) is 5.61. The molecule has 9 heteroatoms. The maximum Gasteiger partial charge on any atom is 0.387 e. The Hall–Kier alpha value is -2.52. The fourth-order valence-electron chi connectivity index (χ4n) is 3.28. The number of rotatable bonds is 10. The molecule has 0 bridgehead atoms. The topological polar surface area (TPSA) is 51.7 Å². The standard InChI is InChI=1S/C22H22F2N2O3S2/c1-2-28-19-9-14(3-6-18(19)29-22(23)24)11-26(17-4-5-17)20(27)10-16-13-31-21(25-16)15-7-8-30-12-15/h3,6-9,12-13,17,22H,2,4-5,10-11H2,1H3. The van der Waals surface area contributed by atoms with E-state index in [0.29, 0.717) is 13.2 Å². The number of hydrogen-bond acceptors (Lipinski definition) is 6. The lowest BCUT2D eigenvalue weighted by Gasteiger charge is -2.23. The number of aromatic nitrogens is 1. The summed E-state index contributed by atoms with van der Waals surface area (Å²) in [6.07, 6.45) is 2.17. The van der Waals surface area contributed by atoms with Crippen molar-refractivity contribution in [3.8, 4) is 22.1 Å². The molecule has 0 unspecified atom stereocenters. The van der Waals surface area contributed by atoms with Crippen molar-refractivity contribution in [2.24, 2.45) is 0 Å². The number of carbonyl (C=O) groups is 1. The average Bonchev–Trinajstić information content (AvgIpc) is 3.22. The van der Waals surface area contributed by atoms with E-state index in [-0.39, 0.29) is 29.9 Å². The minimum absolute atomic E-state index is 0.00617. The van der Waals surface area contributed by atoms with Gasteiger partial charge in [0.15, 0.2) is 11.5 Å². The summed E-state index contributed by atoms with van der Waals surface area (Å²) in [5.74, 6) is 0.257. The van der Waals surface area contributed by atoms with Crippen LogP contribution in [0.2, 0.25) is 0 Å². The van der Waals surface area contributed by atoms with Crippen LogP contribution in [-0.2, 0) is 17.8 Å². The maximum absolute atomic E-state index is 13.1. The normalized spacial score (nSPS) is 13.4. The monoisotopic (exact) mass is 464 g/mol. The van der Waals surface area contributed by atoms with Crippen LogP contribution in [0.5, 0.6) is 11.5 Å². The molecule has 2 heterocycles. The summed E-state index contributed by atoms with van der Waals surface area (Å²) in [4.78, 5) is 19.5. The average molecular weight is 465 g/mol. The first-order chi connectivity index (χ1) is 15.0. The van der Waals surface area contributed by atoms with E-state index < -0.39 is 6.61 Å². The van der Waals surface area contributed by atoms with Crippen molar-refractivity contribution in [3.63, 3.8) is 0 Å². The Morgan fingerprint density at radius 2 is 2.10 bits per heavy atom. The highest BCUT2D eigenvalue weighted by molar-refractivity contribution is 7.14. The molecule has 0 saturated heterocycles. The Kier molecular flexibility index (Phi) is 6.82. The van der Waals surface area contributed by atoms with Gasteiger partial charge in [-0.05, 0) is 48.9 Å². The van der Waals surface area contributed by atoms with Crippen molar-refractivity contribution in [2.45, 2.75) is 45.4 Å². The highest BCUT2D eigenvalue weighted by atomic mass is 32.1. The lowest BCUT2D eigenvalue weighted by Crippen LogP contribution is -2.33. The number of alkyl halides is 2. The van der Waals surface area contributed by atoms with E-state index in [9.17, 15) is 13.6 Å². The quantitative estimate of drug-likeness (QED) is 0.392. The maximum atomic E-state index is 13.1. The van der Waals surface area contributed by atoms with E-state index >= 15 is 0 Å². The number of thiazole rings is 1. The van der Waals surface area contributed by atoms with E-state index in [1.807, 2.05) is 27.1 Å². The number of halogens is 2. The lowest BCUT2D eigenvalue weighted by molar-refractivity contribution is -0.131. The third-order valence-corrected chi connectivity index (χ3v) is 6.46. The fraction of sp³-hybridized carbons (Fsp3) is 0.364. The largest absolute Gasteiger partial charge is 0.490 e. The molecule has 5 nitrogen and oxygen atoms in total. The van der Waals surface area contributed by atoms with Gasteiger partial charge in [0.2, 0.25) is 5.91 Å². The second kappa shape index (κ2) is 9.74. The van der Waals surface area contributed by atoms with Crippen LogP contribution in [0.3, 0.4) is 0 Å². The second-order valence-electron chi connectivity index (χ2n) is 7.18. The molecule has 0 radical (unpaired) electrons. The van der Waals surface area contributed by atoms with E-state index in [1.54, 1.807) is 30.4 Å². The highest BCUT2D eigenvalue weighted by Gasteiger charge is 2.33. The van der Waals surface area contributed by atoms with Gasteiger partial charge in [-0.3, -0.25) is 4.79 Å². The van der Waals surface area contributed by atoms with Crippen molar-refractivity contribution < 1.29 is 23.0 Å². The van der Waals surface area contributed by atoms with Gasteiger partial charge in [-0.15, -0.1) is 11.3 Å². The van der Waals surface area contributed by atoms with Crippen molar-refractivity contribution in [3.05, 3.63) is 51.7 Å². The number of thiophene rings is 1. The molecule has 1 amide bonds. The molecule has 0 atom stereocenters. The van der Waals surface area contributed by atoms with Crippen molar-refractivity contribution in [2.75, 3.05) is 6.61 Å². The van der Waals surface area contributed by atoms with Crippen molar-refractivity contribution in [1.29, 1.82) is 0 Å². The van der Waals surface area contributed by atoms with Crippen LogP contribution in [0.1, 0.15) is 31.0 Å². The zero-order valence-electron chi connectivity index (χ0n) is 16.9. The fourth-order valence-corrected chi connectivity index (χ4v) is 4.81. The number of carbonyl (C=O) groups excluding carboxylic acids is 1. The molecule has 0 spiro atoms. The Balaban J connectivity index is 1.46. The summed E-state index contributed by atoms with van der Waals surface area (Å²) in [7, 11) is 0. The Morgan fingerprint density at radius 3 is 2.77 bits per heavy atom. The minimum atomic E-state index is -2.92. The van der Waals surface area contributed by atoms with E-state index in [0.717, 1.165) is 34.7 Å². The smallest absolute Gasteiger partial charge is 0.387 e. The summed E-state index contributed by atoms with van der Waals surface area (Å²) >= 11 is 3.15. The van der Waals surface area contributed by atoms with Crippen LogP contribution < -0.4 is 9.47 Å². The summed E-state index contributed by atoms with van der Waals surface area (Å²) in [6, 6.07) is 7.05. The number of amides is 1. The van der Waals surface area contributed by atoms with Gasteiger partial charge < -0.3 is 14.4 Å². The van der Waals surface area contributed by atoms with Crippen LogP contribution in [0.15, 0.2) is 40.4 Å². The van der Waals surface area contributed by atoms with Crippen LogP contribution in [0.25, 0.3) is 10.6 Å². The Bertz CT molecular complexity index is 1020. The minimum Gasteiger partial charge on any atom is -0.490 e.